The first-order valence-corrected chi connectivity index (χ1v) is 7.18. The van der Waals surface area contributed by atoms with Crippen LogP contribution in [0.15, 0.2) is 60.7 Å². The summed E-state index contributed by atoms with van der Waals surface area (Å²) in [7, 11) is 1.67. The Morgan fingerprint density at radius 2 is 1.48 bits per heavy atom. The highest BCUT2D eigenvalue weighted by atomic mass is 16.5. The number of hydrogen-bond donors (Lipinski definition) is 0. The average molecular weight is 276 g/mol. The molecule has 2 aromatic rings. The van der Waals surface area contributed by atoms with Crippen molar-refractivity contribution in [2.75, 3.05) is 7.11 Å². The van der Waals surface area contributed by atoms with Crippen molar-refractivity contribution in [1.82, 2.24) is 0 Å². The number of rotatable bonds is 4. The van der Waals surface area contributed by atoms with Crippen LogP contribution in [-0.2, 0) is 6.42 Å². The van der Waals surface area contributed by atoms with E-state index in [0.29, 0.717) is 0 Å². The highest BCUT2D eigenvalue weighted by molar-refractivity contribution is 5.44. The van der Waals surface area contributed by atoms with Gasteiger partial charge in [0, 0.05) is 11.1 Å². The highest BCUT2D eigenvalue weighted by Gasteiger charge is 1.93. The molecule has 2 rings (SSSR count). The van der Waals surface area contributed by atoms with Crippen LogP contribution in [-0.4, -0.2) is 7.11 Å². The highest BCUT2D eigenvalue weighted by Crippen LogP contribution is 2.11. The summed E-state index contributed by atoms with van der Waals surface area (Å²) in [6, 6.07) is 16.3. The van der Waals surface area contributed by atoms with Crippen LogP contribution in [0.2, 0.25) is 0 Å². The van der Waals surface area contributed by atoms with Gasteiger partial charge in [0.1, 0.15) is 5.75 Å². The lowest BCUT2D eigenvalue weighted by molar-refractivity contribution is 0.415. The van der Waals surface area contributed by atoms with E-state index in [1.165, 1.54) is 5.56 Å². The molecule has 0 saturated carbocycles. The van der Waals surface area contributed by atoms with Crippen molar-refractivity contribution in [3.63, 3.8) is 0 Å². The van der Waals surface area contributed by atoms with Crippen LogP contribution in [0.4, 0.5) is 0 Å². The Morgan fingerprint density at radius 3 is 2.00 bits per heavy atom. The molecule has 21 heavy (non-hydrogen) atoms. The monoisotopic (exact) mass is 276 g/mol. The summed E-state index contributed by atoms with van der Waals surface area (Å²) in [5, 5.41) is 0. The van der Waals surface area contributed by atoms with Gasteiger partial charge in [0.15, 0.2) is 0 Å². The zero-order chi connectivity index (χ0) is 14.9. The van der Waals surface area contributed by atoms with E-state index in [9.17, 15) is 0 Å². The Hall–Kier alpha value is -2.46. The summed E-state index contributed by atoms with van der Waals surface area (Å²) < 4.78 is 5.13. The number of methoxy groups -OCH3 is 1. The largest absolute Gasteiger partial charge is 0.497 e. The van der Waals surface area contributed by atoms with Gasteiger partial charge in [-0.15, -0.1) is 0 Å². The van der Waals surface area contributed by atoms with Gasteiger partial charge in [-0.1, -0.05) is 36.1 Å². The first-order chi connectivity index (χ1) is 10.3. The van der Waals surface area contributed by atoms with Crippen LogP contribution < -0.4 is 4.74 Å². The van der Waals surface area contributed by atoms with E-state index >= 15 is 0 Å². The van der Waals surface area contributed by atoms with Gasteiger partial charge in [0.05, 0.1) is 7.11 Å². The van der Waals surface area contributed by atoms with Gasteiger partial charge in [-0.2, -0.15) is 0 Å². The van der Waals surface area contributed by atoms with Crippen molar-refractivity contribution in [1.29, 1.82) is 0 Å². The molecule has 0 spiro atoms. The Labute approximate surface area is 127 Å². The van der Waals surface area contributed by atoms with Crippen molar-refractivity contribution < 1.29 is 4.74 Å². The van der Waals surface area contributed by atoms with Crippen molar-refractivity contribution in [3.8, 4) is 17.6 Å². The van der Waals surface area contributed by atoms with Gasteiger partial charge in [-0.25, -0.2) is 0 Å². The fourth-order valence-electron chi connectivity index (χ4n) is 1.99. The van der Waals surface area contributed by atoms with Crippen molar-refractivity contribution in [3.05, 3.63) is 77.4 Å². The molecular formula is C20H20O. The van der Waals surface area contributed by atoms with Gasteiger partial charge < -0.3 is 4.74 Å². The Morgan fingerprint density at radius 1 is 0.905 bits per heavy atom. The standard InChI is InChI=1S/C20H20O/c1-3-4-5-6-17-7-9-18(10-8-17)11-12-19-13-15-20(21-2)16-14-19/h3-4,7-10,13-16H,5-6H2,1-2H3/b4-3+. The second kappa shape index (κ2) is 7.97. The minimum Gasteiger partial charge on any atom is -0.497 e. The van der Waals surface area contributed by atoms with Crippen molar-refractivity contribution in [2.24, 2.45) is 0 Å². The zero-order valence-electron chi connectivity index (χ0n) is 12.6. The fourth-order valence-corrected chi connectivity index (χ4v) is 1.99. The third kappa shape index (κ3) is 4.85. The van der Waals surface area contributed by atoms with E-state index in [1.807, 2.05) is 24.3 Å². The normalized spacial score (nSPS) is 10.2. The molecule has 0 aliphatic heterocycles. The molecule has 0 saturated heterocycles. The third-order valence-electron chi connectivity index (χ3n) is 3.23. The molecular weight excluding hydrogens is 256 g/mol. The van der Waals surface area contributed by atoms with E-state index in [-0.39, 0.29) is 0 Å². The maximum atomic E-state index is 5.13. The average Bonchev–Trinajstić information content (AvgIpc) is 2.55. The first-order valence-electron chi connectivity index (χ1n) is 7.18. The number of hydrogen-bond acceptors (Lipinski definition) is 1. The maximum Gasteiger partial charge on any atom is 0.118 e. The Kier molecular flexibility index (Phi) is 5.67. The second-order valence-electron chi connectivity index (χ2n) is 4.78. The Balaban J connectivity index is 2.01. The lowest BCUT2D eigenvalue weighted by Gasteiger charge is -1.99. The summed E-state index contributed by atoms with van der Waals surface area (Å²) in [4.78, 5) is 0. The van der Waals surface area contributed by atoms with E-state index < -0.39 is 0 Å². The van der Waals surface area contributed by atoms with Gasteiger partial charge in [0.2, 0.25) is 0 Å². The van der Waals surface area contributed by atoms with Crippen molar-refractivity contribution >= 4 is 0 Å². The molecule has 0 atom stereocenters. The maximum absolute atomic E-state index is 5.13. The van der Waals surface area contributed by atoms with Gasteiger partial charge >= 0.3 is 0 Å². The predicted molar refractivity (Wildman–Crippen MR) is 88.6 cm³/mol. The smallest absolute Gasteiger partial charge is 0.118 e. The lowest BCUT2D eigenvalue weighted by atomic mass is 10.1. The number of benzene rings is 2. The molecule has 0 fully saturated rings. The number of ether oxygens (including phenoxy) is 1. The summed E-state index contributed by atoms with van der Waals surface area (Å²) in [5.41, 5.74) is 3.39. The molecule has 0 N–H and O–H groups in total. The van der Waals surface area contributed by atoms with Gasteiger partial charge in [-0.3, -0.25) is 0 Å². The summed E-state index contributed by atoms with van der Waals surface area (Å²) >= 11 is 0. The van der Waals surface area contributed by atoms with Crippen LogP contribution >= 0.6 is 0 Å². The molecule has 106 valence electrons. The minimum atomic E-state index is 0.853. The summed E-state index contributed by atoms with van der Waals surface area (Å²) in [6.07, 6.45) is 6.45. The zero-order valence-corrected chi connectivity index (χ0v) is 12.6. The van der Waals surface area contributed by atoms with Crippen LogP contribution in [0.25, 0.3) is 0 Å². The minimum absolute atomic E-state index is 0.853. The topological polar surface area (TPSA) is 9.23 Å². The summed E-state index contributed by atoms with van der Waals surface area (Å²) in [6.45, 7) is 2.05. The van der Waals surface area contributed by atoms with Crippen LogP contribution in [0.1, 0.15) is 30.0 Å². The molecule has 0 aliphatic rings. The van der Waals surface area contributed by atoms with E-state index in [4.69, 9.17) is 4.74 Å². The molecule has 0 bridgehead atoms. The molecule has 2 aromatic carbocycles. The van der Waals surface area contributed by atoms with Crippen LogP contribution in [0, 0.1) is 11.8 Å². The van der Waals surface area contributed by atoms with E-state index in [1.54, 1.807) is 7.11 Å². The lowest BCUT2D eigenvalue weighted by Crippen LogP contribution is -1.84. The van der Waals surface area contributed by atoms with Gasteiger partial charge in [-0.05, 0) is 61.7 Å². The van der Waals surface area contributed by atoms with Gasteiger partial charge in [0.25, 0.3) is 0 Å². The van der Waals surface area contributed by atoms with E-state index in [0.717, 1.165) is 29.7 Å². The fraction of sp³-hybridized carbons (Fsp3) is 0.200. The van der Waals surface area contributed by atoms with Crippen LogP contribution in [0.5, 0.6) is 5.75 Å². The number of aryl methyl sites for hydroxylation is 1. The van der Waals surface area contributed by atoms with Crippen LogP contribution in [0.3, 0.4) is 0 Å². The molecule has 1 heteroatoms. The third-order valence-corrected chi connectivity index (χ3v) is 3.23. The molecule has 0 radical (unpaired) electrons. The molecule has 0 unspecified atom stereocenters. The first kappa shape index (κ1) is 14.9. The number of allylic oxidation sites excluding steroid dienone is 2. The predicted octanol–water partition coefficient (Wildman–Crippen LogP) is 4.60. The molecule has 0 aliphatic carbocycles. The van der Waals surface area contributed by atoms with E-state index in [2.05, 4.69) is 55.2 Å². The molecule has 0 aromatic heterocycles. The summed E-state index contributed by atoms with van der Waals surface area (Å²) in [5.74, 6) is 7.21. The SMILES string of the molecule is C/C=C/CCc1ccc(C#Cc2ccc(OC)cc2)cc1. The Bertz CT molecular complexity index is 637. The molecule has 0 heterocycles. The molecule has 1 nitrogen and oxygen atoms in total. The second-order valence-corrected chi connectivity index (χ2v) is 4.78. The van der Waals surface area contributed by atoms with Crippen molar-refractivity contribution in [2.45, 2.75) is 19.8 Å². The quantitative estimate of drug-likeness (QED) is 0.585. The molecule has 0 amide bonds.